The maximum absolute atomic E-state index is 11.8. The van der Waals surface area contributed by atoms with Crippen LogP contribution in [0.4, 0.5) is 0 Å². The van der Waals surface area contributed by atoms with Gasteiger partial charge < -0.3 is 14.8 Å². The average molecular weight is 364 g/mol. The van der Waals surface area contributed by atoms with Gasteiger partial charge in [-0.3, -0.25) is 4.79 Å². The van der Waals surface area contributed by atoms with Gasteiger partial charge in [0, 0.05) is 21.8 Å². The number of fused-ring (bicyclic) bond motifs is 1. The zero-order valence-corrected chi connectivity index (χ0v) is 15.1. The van der Waals surface area contributed by atoms with Gasteiger partial charge in [-0.2, -0.15) is 0 Å². The molecule has 25 heavy (non-hydrogen) atoms. The largest absolute Gasteiger partial charge is 0.481 e. The molecule has 0 aromatic heterocycles. The van der Waals surface area contributed by atoms with E-state index in [9.17, 15) is 9.59 Å². The third-order valence-corrected chi connectivity index (χ3v) is 4.00. The minimum atomic E-state index is -0.600. The van der Waals surface area contributed by atoms with Gasteiger partial charge in [-0.1, -0.05) is 49.2 Å². The zero-order chi connectivity index (χ0) is 18.2. The first kappa shape index (κ1) is 19.1. The topological polar surface area (TPSA) is 64.6 Å². The van der Waals surface area contributed by atoms with Crippen molar-refractivity contribution in [2.45, 2.75) is 32.7 Å². The summed E-state index contributed by atoms with van der Waals surface area (Å²) in [4.78, 5) is 23.5. The lowest BCUT2D eigenvalue weighted by atomic mass is 10.1. The summed E-state index contributed by atoms with van der Waals surface area (Å²) in [5, 5.41) is 5.04. The van der Waals surface area contributed by atoms with Gasteiger partial charge >= 0.3 is 5.97 Å². The van der Waals surface area contributed by atoms with E-state index in [0.717, 1.165) is 23.6 Å². The second-order valence-electron chi connectivity index (χ2n) is 5.80. The number of hydrogen-bond donors (Lipinski definition) is 1. The molecule has 2 aromatic rings. The Balaban J connectivity index is 1.85. The van der Waals surface area contributed by atoms with Gasteiger partial charge in [0.2, 0.25) is 0 Å². The number of nitrogens with one attached hydrogen (secondary N) is 1. The molecule has 134 valence electrons. The van der Waals surface area contributed by atoms with Crippen LogP contribution in [0.2, 0.25) is 5.02 Å². The Hall–Kier alpha value is -2.27. The van der Waals surface area contributed by atoms with Crippen LogP contribution in [-0.4, -0.2) is 31.1 Å². The summed E-state index contributed by atoms with van der Waals surface area (Å²) >= 11 is 6.15. The predicted molar refractivity (Wildman–Crippen MR) is 97.9 cm³/mol. The molecular weight excluding hydrogens is 342 g/mol. The van der Waals surface area contributed by atoms with Gasteiger partial charge in [0.15, 0.2) is 13.2 Å². The molecule has 2 aromatic carbocycles. The lowest BCUT2D eigenvalue weighted by Crippen LogP contribution is -2.36. The van der Waals surface area contributed by atoms with Crippen LogP contribution in [-0.2, 0) is 14.3 Å². The molecular formula is C19H22ClNO4. The van der Waals surface area contributed by atoms with E-state index < -0.39 is 5.97 Å². The first-order chi connectivity index (χ1) is 12.0. The smallest absolute Gasteiger partial charge is 0.344 e. The van der Waals surface area contributed by atoms with E-state index in [4.69, 9.17) is 21.1 Å². The van der Waals surface area contributed by atoms with E-state index in [1.54, 1.807) is 12.1 Å². The number of benzene rings is 2. The molecule has 0 spiro atoms. The zero-order valence-electron chi connectivity index (χ0n) is 14.4. The summed E-state index contributed by atoms with van der Waals surface area (Å²) < 4.78 is 10.5. The monoisotopic (exact) mass is 363 g/mol. The van der Waals surface area contributed by atoms with Crippen LogP contribution in [0.25, 0.3) is 10.8 Å². The van der Waals surface area contributed by atoms with Crippen LogP contribution in [0.1, 0.15) is 26.7 Å². The van der Waals surface area contributed by atoms with Gasteiger partial charge in [0.1, 0.15) is 5.75 Å². The minimum Gasteiger partial charge on any atom is -0.481 e. The quantitative estimate of drug-likeness (QED) is 0.726. The first-order valence-electron chi connectivity index (χ1n) is 8.26. The standard InChI is InChI=1S/C19H22ClNO4/c1-3-6-13(2)21-18(22)11-25-19(23)12-24-17-10-9-16(20)14-7-4-5-8-15(14)17/h4-5,7-10,13H,3,6,11-12H2,1-2H3,(H,21,22)/t13-/m1/s1. The van der Waals surface area contributed by atoms with Crippen LogP contribution in [0.15, 0.2) is 36.4 Å². The highest BCUT2D eigenvalue weighted by atomic mass is 35.5. The number of ether oxygens (including phenoxy) is 2. The van der Waals surface area contributed by atoms with Gasteiger partial charge in [0.25, 0.3) is 5.91 Å². The molecule has 0 saturated heterocycles. The number of halogens is 1. The Bertz CT molecular complexity index is 747. The molecule has 0 heterocycles. The van der Waals surface area contributed by atoms with E-state index in [1.807, 2.05) is 38.1 Å². The van der Waals surface area contributed by atoms with Crippen molar-refractivity contribution >= 4 is 34.2 Å². The average Bonchev–Trinajstić information content (AvgIpc) is 2.60. The molecule has 0 radical (unpaired) electrons. The van der Waals surface area contributed by atoms with E-state index in [0.29, 0.717) is 10.8 Å². The van der Waals surface area contributed by atoms with Crippen LogP contribution in [0.3, 0.4) is 0 Å². The molecule has 0 bridgehead atoms. The molecule has 2 rings (SSSR count). The van der Waals surface area contributed by atoms with E-state index in [-0.39, 0.29) is 25.2 Å². The number of hydrogen-bond acceptors (Lipinski definition) is 4. The molecule has 0 unspecified atom stereocenters. The van der Waals surface area contributed by atoms with Crippen molar-refractivity contribution in [1.29, 1.82) is 0 Å². The van der Waals surface area contributed by atoms with Crippen LogP contribution in [0, 0.1) is 0 Å². The van der Waals surface area contributed by atoms with Crippen molar-refractivity contribution in [2.75, 3.05) is 13.2 Å². The highest BCUT2D eigenvalue weighted by Gasteiger charge is 2.12. The Kier molecular flexibility index (Phi) is 7.07. The molecule has 1 amide bonds. The lowest BCUT2D eigenvalue weighted by Gasteiger charge is -2.13. The molecule has 1 N–H and O–H groups in total. The number of carbonyl (C=O) groups excluding carboxylic acids is 2. The van der Waals surface area contributed by atoms with Crippen LogP contribution >= 0.6 is 11.6 Å². The molecule has 1 atom stereocenters. The summed E-state index contributed by atoms with van der Waals surface area (Å²) in [5.74, 6) is -0.374. The van der Waals surface area contributed by atoms with Crippen molar-refractivity contribution in [1.82, 2.24) is 5.32 Å². The van der Waals surface area contributed by atoms with Gasteiger partial charge in [-0.05, 0) is 25.5 Å². The SMILES string of the molecule is CCC[C@@H](C)NC(=O)COC(=O)COc1ccc(Cl)c2ccccc12. The molecule has 0 aliphatic carbocycles. The Labute approximate surface area is 152 Å². The number of amides is 1. The van der Waals surface area contributed by atoms with Crippen LogP contribution < -0.4 is 10.1 Å². The van der Waals surface area contributed by atoms with Crippen molar-refractivity contribution in [3.05, 3.63) is 41.4 Å². The van der Waals surface area contributed by atoms with E-state index >= 15 is 0 Å². The van der Waals surface area contributed by atoms with E-state index in [2.05, 4.69) is 5.32 Å². The number of esters is 1. The summed E-state index contributed by atoms with van der Waals surface area (Å²) in [6, 6.07) is 11.0. The predicted octanol–water partition coefficient (Wildman–Crippen LogP) is 3.72. The fourth-order valence-electron chi connectivity index (χ4n) is 2.51. The summed E-state index contributed by atoms with van der Waals surface area (Å²) in [7, 11) is 0. The fraction of sp³-hybridized carbons (Fsp3) is 0.368. The third kappa shape index (κ3) is 5.64. The van der Waals surface area contributed by atoms with Crippen LogP contribution in [0.5, 0.6) is 5.75 Å². The Morgan fingerprint density at radius 2 is 1.84 bits per heavy atom. The molecule has 5 nitrogen and oxygen atoms in total. The Morgan fingerprint density at radius 1 is 1.12 bits per heavy atom. The second kappa shape index (κ2) is 9.28. The second-order valence-corrected chi connectivity index (χ2v) is 6.20. The first-order valence-corrected chi connectivity index (χ1v) is 8.64. The molecule has 0 aliphatic rings. The molecule has 0 fully saturated rings. The van der Waals surface area contributed by atoms with Crippen molar-refractivity contribution in [3.8, 4) is 5.75 Å². The lowest BCUT2D eigenvalue weighted by molar-refractivity contribution is -0.150. The Morgan fingerprint density at radius 3 is 2.56 bits per heavy atom. The summed E-state index contributed by atoms with van der Waals surface area (Å²) in [6.07, 6.45) is 1.86. The number of carbonyl (C=O) groups is 2. The third-order valence-electron chi connectivity index (χ3n) is 3.67. The minimum absolute atomic E-state index is 0.0629. The van der Waals surface area contributed by atoms with Gasteiger partial charge in [-0.15, -0.1) is 0 Å². The van der Waals surface area contributed by atoms with Crippen molar-refractivity contribution in [2.24, 2.45) is 0 Å². The summed E-state index contributed by atoms with van der Waals surface area (Å²) in [5.41, 5.74) is 0. The maximum Gasteiger partial charge on any atom is 0.344 e. The van der Waals surface area contributed by atoms with Gasteiger partial charge in [-0.25, -0.2) is 4.79 Å². The van der Waals surface area contributed by atoms with Crippen molar-refractivity contribution in [3.63, 3.8) is 0 Å². The normalized spacial score (nSPS) is 11.8. The highest BCUT2D eigenvalue weighted by molar-refractivity contribution is 6.35. The highest BCUT2D eigenvalue weighted by Crippen LogP contribution is 2.31. The van der Waals surface area contributed by atoms with Crippen molar-refractivity contribution < 1.29 is 19.1 Å². The van der Waals surface area contributed by atoms with Gasteiger partial charge in [0.05, 0.1) is 0 Å². The summed E-state index contributed by atoms with van der Waals surface area (Å²) in [6.45, 7) is 3.37. The fourth-order valence-corrected chi connectivity index (χ4v) is 2.73. The number of rotatable bonds is 8. The molecule has 0 aliphatic heterocycles. The molecule has 6 heteroatoms. The molecule has 0 saturated carbocycles. The van der Waals surface area contributed by atoms with E-state index in [1.165, 1.54) is 0 Å². The maximum atomic E-state index is 11.8.